The van der Waals surface area contributed by atoms with Crippen LogP contribution in [0.5, 0.6) is 0 Å². The van der Waals surface area contributed by atoms with Crippen molar-refractivity contribution in [2.45, 2.75) is 62.4 Å². The van der Waals surface area contributed by atoms with Gasteiger partial charge < -0.3 is 40.2 Å². The minimum absolute atomic E-state index is 0.0928. The van der Waals surface area contributed by atoms with Crippen molar-refractivity contribution in [1.29, 1.82) is 0 Å². The third kappa shape index (κ3) is 7.93. The van der Waals surface area contributed by atoms with Crippen LogP contribution in [0.4, 0.5) is 11.4 Å². The first kappa shape index (κ1) is 36.9. The number of halogens is 2. The van der Waals surface area contributed by atoms with Crippen molar-refractivity contribution < 1.29 is 35.1 Å². The van der Waals surface area contributed by atoms with Crippen LogP contribution in [0.25, 0.3) is 0 Å². The fraction of sp³-hybridized carbons (Fsp3) is 0.500. The van der Waals surface area contributed by atoms with E-state index in [4.69, 9.17) is 28.3 Å². The number of aliphatic hydroxyl groups excluding tert-OH is 5. The molecular formula is C34H42Cl2N6O7S. The Morgan fingerprint density at radius 1 is 0.980 bits per heavy atom. The number of carbonyl (C=O) groups excluding carboxylic acids is 2. The Morgan fingerprint density at radius 3 is 2.32 bits per heavy atom. The molecule has 0 radical (unpaired) electrons. The van der Waals surface area contributed by atoms with Crippen LogP contribution >= 0.6 is 35.0 Å². The molecule has 2 fully saturated rings. The second kappa shape index (κ2) is 15.8. The third-order valence-corrected chi connectivity index (χ3v) is 11.3. The number of likely N-dealkylation sites (N-methyl/N-ethyl adjacent to an activating group) is 1. The summed E-state index contributed by atoms with van der Waals surface area (Å²) in [5, 5.41) is 53.9. The number of rotatable bonds is 13. The van der Waals surface area contributed by atoms with E-state index in [2.05, 4.69) is 21.0 Å². The highest BCUT2D eigenvalue weighted by atomic mass is 35.5. The number of para-hydroxylation sites is 2. The Kier molecular flexibility index (Phi) is 11.6. The van der Waals surface area contributed by atoms with Crippen LogP contribution in [0, 0.1) is 0 Å². The number of aromatic nitrogens is 2. The summed E-state index contributed by atoms with van der Waals surface area (Å²) in [6, 6.07) is 12.0. The molecule has 0 bridgehead atoms. The molecule has 3 aromatic rings. The molecule has 0 unspecified atom stereocenters. The first-order chi connectivity index (χ1) is 24.0. The molecule has 5 atom stereocenters. The molecule has 1 aliphatic carbocycles. The average molecular weight is 750 g/mol. The van der Waals surface area contributed by atoms with Gasteiger partial charge in [0.05, 0.1) is 42.3 Å². The molecule has 6 rings (SSSR count). The quantitative estimate of drug-likeness (QED) is 0.173. The summed E-state index contributed by atoms with van der Waals surface area (Å²) >= 11 is 15.2. The van der Waals surface area contributed by atoms with Gasteiger partial charge in [0.25, 0.3) is 5.91 Å². The fourth-order valence-corrected chi connectivity index (χ4v) is 8.18. The largest absolute Gasteiger partial charge is 0.394 e. The zero-order valence-electron chi connectivity index (χ0n) is 27.6. The van der Waals surface area contributed by atoms with Gasteiger partial charge >= 0.3 is 0 Å². The van der Waals surface area contributed by atoms with E-state index >= 15 is 0 Å². The molecule has 13 nitrogen and oxygen atoms in total. The molecule has 1 saturated carbocycles. The number of carbonyl (C=O) groups is 2. The van der Waals surface area contributed by atoms with Crippen molar-refractivity contribution in [2.75, 3.05) is 54.7 Å². The van der Waals surface area contributed by atoms with Crippen molar-refractivity contribution in [3.63, 3.8) is 0 Å². The van der Waals surface area contributed by atoms with Crippen molar-refractivity contribution in [2.24, 2.45) is 0 Å². The maximum Gasteiger partial charge on any atom is 0.256 e. The number of hydrogen-bond donors (Lipinski definition) is 5. The van der Waals surface area contributed by atoms with E-state index in [1.807, 2.05) is 29.2 Å². The smallest absolute Gasteiger partial charge is 0.256 e. The molecule has 2 aromatic carbocycles. The lowest BCUT2D eigenvalue weighted by molar-refractivity contribution is -0.122. The summed E-state index contributed by atoms with van der Waals surface area (Å²) in [7, 11) is 1.41. The van der Waals surface area contributed by atoms with Gasteiger partial charge in [-0.3, -0.25) is 19.2 Å². The van der Waals surface area contributed by atoms with Crippen LogP contribution < -0.4 is 9.80 Å². The van der Waals surface area contributed by atoms with E-state index in [1.165, 1.54) is 37.0 Å². The monoisotopic (exact) mass is 748 g/mol. The first-order valence-corrected chi connectivity index (χ1v) is 18.4. The Morgan fingerprint density at radius 2 is 1.64 bits per heavy atom. The maximum absolute atomic E-state index is 14.0. The molecule has 3 heterocycles. The molecule has 0 spiro atoms. The Labute approximate surface area is 304 Å². The van der Waals surface area contributed by atoms with Crippen LogP contribution in [0.1, 0.15) is 34.3 Å². The van der Waals surface area contributed by atoms with Gasteiger partial charge in [-0.15, -0.1) is 11.8 Å². The third-order valence-electron chi connectivity index (χ3n) is 9.49. The van der Waals surface area contributed by atoms with Crippen LogP contribution in [0.2, 0.25) is 10.0 Å². The van der Waals surface area contributed by atoms with Gasteiger partial charge in [0.15, 0.2) is 0 Å². The SMILES string of the molecule is CN(C[C@H](O)[C@@H](O)[C@H](O)[C@H](O)CO)C(=O)c1cnn(Cc2cc(Cl)c(CN3CSC[C@H]3C(=O)N3CCN(C4CC4)c4ccccc43)cc2Cl)c1. The molecule has 16 heteroatoms. The maximum atomic E-state index is 14.0. The Bertz CT molecular complexity index is 1700. The number of fused-ring (bicyclic) bond motifs is 1. The molecular weight excluding hydrogens is 707 g/mol. The van der Waals surface area contributed by atoms with Crippen molar-refractivity contribution in [3.05, 3.63) is 75.5 Å². The zero-order valence-corrected chi connectivity index (χ0v) is 29.9. The molecule has 3 aliphatic rings. The molecule has 50 heavy (non-hydrogen) atoms. The molecule has 270 valence electrons. The van der Waals surface area contributed by atoms with Gasteiger partial charge in [0, 0.05) is 67.1 Å². The second-order valence-corrected chi connectivity index (χ2v) is 14.9. The number of amides is 2. The second-order valence-electron chi connectivity index (χ2n) is 13.1. The molecule has 1 aromatic heterocycles. The summed E-state index contributed by atoms with van der Waals surface area (Å²) in [6.07, 6.45) is -1.53. The van der Waals surface area contributed by atoms with E-state index in [9.17, 15) is 30.0 Å². The highest BCUT2D eigenvalue weighted by Crippen LogP contribution is 2.41. The van der Waals surface area contributed by atoms with E-state index in [-0.39, 0.29) is 30.6 Å². The van der Waals surface area contributed by atoms with Crippen molar-refractivity contribution in [1.82, 2.24) is 19.6 Å². The van der Waals surface area contributed by atoms with Crippen LogP contribution in [0.15, 0.2) is 48.8 Å². The van der Waals surface area contributed by atoms with Crippen LogP contribution in [-0.4, -0.2) is 138 Å². The number of anilines is 2. The van der Waals surface area contributed by atoms with Crippen LogP contribution in [0.3, 0.4) is 0 Å². The van der Waals surface area contributed by atoms with Gasteiger partial charge in [-0.05, 0) is 48.2 Å². The summed E-state index contributed by atoms with van der Waals surface area (Å²) in [6.45, 7) is 1.00. The van der Waals surface area contributed by atoms with Gasteiger partial charge in [0.2, 0.25) is 5.91 Å². The zero-order chi connectivity index (χ0) is 35.7. The standard InChI is InChI=1S/C34H42Cl2N6O7S/c1-38(16-29(44)31(46)32(47)30(45)17-43)33(48)22-12-37-40(15-22)14-21-11-24(35)20(10-25(21)36)13-39-19-50-18-28(39)34(49)42-9-8-41(23-6-7-23)26-4-2-3-5-27(26)42/h2-5,10-12,15,23,28-32,43-47H,6-9,13-14,16-19H2,1H3/t28-,29-,30+,31+,32+/m0/s1. The minimum atomic E-state index is -1.79. The topological polar surface area (TPSA) is 166 Å². The predicted octanol–water partition coefficient (Wildman–Crippen LogP) is 1.64. The summed E-state index contributed by atoms with van der Waals surface area (Å²) < 4.78 is 1.53. The van der Waals surface area contributed by atoms with E-state index < -0.39 is 36.9 Å². The lowest BCUT2D eigenvalue weighted by Gasteiger charge is -2.39. The predicted molar refractivity (Wildman–Crippen MR) is 192 cm³/mol. The molecule has 2 amide bonds. The summed E-state index contributed by atoms with van der Waals surface area (Å²) in [5.41, 5.74) is 3.79. The van der Waals surface area contributed by atoms with Gasteiger partial charge in [-0.2, -0.15) is 5.10 Å². The minimum Gasteiger partial charge on any atom is -0.394 e. The summed E-state index contributed by atoms with van der Waals surface area (Å²) in [4.78, 5) is 34.7. The normalized spacial score (nSPS) is 20.4. The molecule has 2 aliphatic heterocycles. The van der Waals surface area contributed by atoms with E-state index in [1.54, 1.807) is 17.8 Å². The lowest BCUT2D eigenvalue weighted by atomic mass is 10.0. The van der Waals surface area contributed by atoms with Gasteiger partial charge in [-0.1, -0.05) is 35.3 Å². The molecule has 5 N–H and O–H groups in total. The number of aliphatic hydroxyl groups is 5. The summed E-state index contributed by atoms with van der Waals surface area (Å²) in [5.74, 6) is 0.974. The van der Waals surface area contributed by atoms with Gasteiger partial charge in [-0.25, -0.2) is 0 Å². The Hall–Kier alpha value is -2.92. The first-order valence-electron chi connectivity index (χ1n) is 16.5. The number of hydrogen-bond acceptors (Lipinski definition) is 11. The highest BCUT2D eigenvalue weighted by molar-refractivity contribution is 7.99. The average Bonchev–Trinajstić information content (AvgIpc) is 3.68. The van der Waals surface area contributed by atoms with E-state index in [0.717, 1.165) is 28.4 Å². The van der Waals surface area contributed by atoms with Crippen LogP contribution in [-0.2, 0) is 17.9 Å². The number of benzene rings is 2. The molecule has 1 saturated heterocycles. The number of nitrogens with zero attached hydrogens (tertiary/aromatic N) is 6. The van der Waals surface area contributed by atoms with Crippen molar-refractivity contribution >= 4 is 58.2 Å². The number of thioether (sulfide) groups is 1. The van der Waals surface area contributed by atoms with Crippen molar-refractivity contribution in [3.8, 4) is 0 Å². The highest BCUT2D eigenvalue weighted by Gasteiger charge is 2.40. The van der Waals surface area contributed by atoms with Gasteiger partial charge in [0.1, 0.15) is 24.4 Å². The fourth-order valence-electron chi connectivity index (χ4n) is 6.50. The Balaban J connectivity index is 1.08. The lowest BCUT2D eigenvalue weighted by Crippen LogP contribution is -2.52. The van der Waals surface area contributed by atoms with E-state index in [0.29, 0.717) is 46.4 Å².